The number of nitrogens with one attached hydrogen (secondary N) is 1. The zero-order valence-corrected chi connectivity index (χ0v) is 11.7. The lowest BCUT2D eigenvalue weighted by Gasteiger charge is -2.23. The first-order chi connectivity index (χ1) is 8.31. The van der Waals surface area contributed by atoms with Gasteiger partial charge < -0.3 is 10.1 Å². The summed E-state index contributed by atoms with van der Waals surface area (Å²) in [5.41, 5.74) is 0.316. The molecule has 0 saturated heterocycles. The van der Waals surface area contributed by atoms with E-state index in [4.69, 9.17) is 4.74 Å². The molecule has 0 fully saturated rings. The maximum Gasteiger partial charge on any atom is 0.151 e. The van der Waals surface area contributed by atoms with Crippen molar-refractivity contribution in [2.45, 2.75) is 18.2 Å². The van der Waals surface area contributed by atoms with Crippen LogP contribution in [0.15, 0.2) is 18.2 Å². The van der Waals surface area contributed by atoms with Crippen LogP contribution < -0.4 is 10.1 Å². The van der Waals surface area contributed by atoms with Crippen molar-refractivity contribution in [1.82, 2.24) is 5.32 Å². The molecule has 0 saturated carbocycles. The predicted molar refractivity (Wildman–Crippen MR) is 69.1 cm³/mol. The van der Waals surface area contributed by atoms with Crippen molar-refractivity contribution in [3.05, 3.63) is 29.6 Å². The smallest absolute Gasteiger partial charge is 0.151 e. The van der Waals surface area contributed by atoms with Crippen LogP contribution >= 0.6 is 0 Å². The van der Waals surface area contributed by atoms with Gasteiger partial charge in [-0.1, -0.05) is 6.07 Å². The van der Waals surface area contributed by atoms with Gasteiger partial charge in [0.1, 0.15) is 11.6 Å². The van der Waals surface area contributed by atoms with Crippen LogP contribution in [0.2, 0.25) is 0 Å². The van der Waals surface area contributed by atoms with Crippen LogP contribution in [-0.4, -0.2) is 34.1 Å². The molecule has 0 aliphatic carbocycles. The van der Waals surface area contributed by atoms with Crippen molar-refractivity contribution in [2.75, 3.05) is 20.4 Å². The van der Waals surface area contributed by atoms with Crippen molar-refractivity contribution in [3.63, 3.8) is 0 Å². The average Bonchev–Trinajstić information content (AvgIpc) is 2.30. The number of hydrogen-bond acceptors (Lipinski definition) is 4. The van der Waals surface area contributed by atoms with Gasteiger partial charge in [0, 0.05) is 17.9 Å². The zero-order chi connectivity index (χ0) is 13.9. The van der Waals surface area contributed by atoms with Gasteiger partial charge in [0.05, 0.1) is 18.4 Å². The van der Waals surface area contributed by atoms with Crippen LogP contribution in [0, 0.1) is 5.82 Å². The number of hydrogen-bond donors (Lipinski definition) is 1. The number of benzene rings is 1. The van der Waals surface area contributed by atoms with E-state index in [1.165, 1.54) is 19.2 Å². The van der Waals surface area contributed by atoms with E-state index in [1.807, 2.05) is 0 Å². The largest absolute Gasteiger partial charge is 0.497 e. The van der Waals surface area contributed by atoms with E-state index in [-0.39, 0.29) is 0 Å². The standard InChI is InChI=1S/C12H18FNO3S/c1-8(18(4,15)16)12(14-2)10-6-5-9(17-3)7-11(10)13/h5-8,12,14H,1-4H3. The Morgan fingerprint density at radius 3 is 2.39 bits per heavy atom. The second-order valence-corrected chi connectivity index (χ2v) is 6.59. The Morgan fingerprint density at radius 2 is 2.00 bits per heavy atom. The summed E-state index contributed by atoms with van der Waals surface area (Å²) in [7, 11) is -0.200. The molecule has 4 nitrogen and oxygen atoms in total. The molecule has 0 aliphatic heterocycles. The maximum absolute atomic E-state index is 13.9. The van der Waals surface area contributed by atoms with Gasteiger partial charge in [0.25, 0.3) is 0 Å². The molecule has 18 heavy (non-hydrogen) atoms. The highest BCUT2D eigenvalue weighted by Crippen LogP contribution is 2.26. The molecule has 1 N–H and O–H groups in total. The van der Waals surface area contributed by atoms with Crippen LogP contribution in [0.4, 0.5) is 4.39 Å². The van der Waals surface area contributed by atoms with E-state index in [0.29, 0.717) is 11.3 Å². The summed E-state index contributed by atoms with van der Waals surface area (Å²) in [5, 5.41) is 2.13. The molecule has 2 atom stereocenters. The van der Waals surface area contributed by atoms with Crippen molar-refractivity contribution in [3.8, 4) is 5.75 Å². The van der Waals surface area contributed by atoms with Gasteiger partial charge in [0.2, 0.25) is 0 Å². The second kappa shape index (κ2) is 5.67. The van der Waals surface area contributed by atoms with Gasteiger partial charge in [-0.3, -0.25) is 0 Å². The molecule has 1 aromatic carbocycles. The van der Waals surface area contributed by atoms with Gasteiger partial charge in [-0.15, -0.1) is 0 Å². The summed E-state index contributed by atoms with van der Waals surface area (Å²) in [5.74, 6) is -0.0812. The third-order valence-electron chi connectivity index (χ3n) is 3.00. The fraction of sp³-hybridized carbons (Fsp3) is 0.500. The number of rotatable bonds is 5. The molecule has 6 heteroatoms. The molecule has 0 spiro atoms. The molecule has 0 aliphatic rings. The van der Waals surface area contributed by atoms with Crippen molar-refractivity contribution < 1.29 is 17.5 Å². The molecular weight excluding hydrogens is 257 g/mol. The molecule has 0 amide bonds. The molecular formula is C12H18FNO3S. The van der Waals surface area contributed by atoms with E-state index >= 15 is 0 Å². The highest BCUT2D eigenvalue weighted by atomic mass is 32.2. The van der Waals surface area contributed by atoms with Gasteiger partial charge in [-0.2, -0.15) is 0 Å². The molecule has 1 aromatic rings. The van der Waals surface area contributed by atoms with Crippen LogP contribution in [0.5, 0.6) is 5.75 Å². The van der Waals surface area contributed by atoms with E-state index < -0.39 is 26.9 Å². The Morgan fingerprint density at radius 1 is 1.39 bits per heavy atom. The minimum atomic E-state index is -3.26. The summed E-state index contributed by atoms with van der Waals surface area (Å²) in [6.07, 6.45) is 1.14. The van der Waals surface area contributed by atoms with Crippen LogP contribution in [0.25, 0.3) is 0 Å². The van der Waals surface area contributed by atoms with Crippen LogP contribution in [0.3, 0.4) is 0 Å². The zero-order valence-electron chi connectivity index (χ0n) is 10.9. The summed E-state index contributed by atoms with van der Waals surface area (Å²) in [6, 6.07) is 3.80. The Hall–Kier alpha value is -1.14. The Bertz CT molecular complexity index is 516. The van der Waals surface area contributed by atoms with E-state index in [1.54, 1.807) is 20.0 Å². The monoisotopic (exact) mass is 275 g/mol. The molecule has 0 heterocycles. The van der Waals surface area contributed by atoms with E-state index in [9.17, 15) is 12.8 Å². The lowest BCUT2D eigenvalue weighted by atomic mass is 10.0. The second-order valence-electron chi connectivity index (χ2n) is 4.19. The Balaban J connectivity index is 3.18. The average molecular weight is 275 g/mol. The van der Waals surface area contributed by atoms with E-state index in [0.717, 1.165) is 6.26 Å². The predicted octanol–water partition coefficient (Wildman–Crippen LogP) is 1.53. The van der Waals surface area contributed by atoms with Crippen LogP contribution in [-0.2, 0) is 9.84 Å². The molecule has 2 unspecified atom stereocenters. The van der Waals surface area contributed by atoms with Gasteiger partial charge >= 0.3 is 0 Å². The third kappa shape index (κ3) is 3.20. The summed E-state index contributed by atoms with van der Waals surface area (Å²) in [6.45, 7) is 1.56. The fourth-order valence-electron chi connectivity index (χ4n) is 1.78. The Labute approximate surface area is 107 Å². The SMILES string of the molecule is CNC(c1ccc(OC)cc1F)C(C)S(C)(=O)=O. The fourth-order valence-corrected chi connectivity index (χ4v) is 2.55. The first kappa shape index (κ1) is 14.9. The minimum Gasteiger partial charge on any atom is -0.497 e. The summed E-state index contributed by atoms with van der Waals surface area (Å²) < 4.78 is 41.9. The van der Waals surface area contributed by atoms with Gasteiger partial charge in [-0.05, 0) is 20.0 Å². The first-order valence-corrected chi connectivity index (χ1v) is 7.46. The molecule has 0 aromatic heterocycles. The Kier molecular flexibility index (Phi) is 4.70. The van der Waals surface area contributed by atoms with E-state index in [2.05, 4.69) is 5.32 Å². The van der Waals surface area contributed by atoms with Gasteiger partial charge in [0.15, 0.2) is 9.84 Å². The first-order valence-electron chi connectivity index (χ1n) is 5.50. The quantitative estimate of drug-likeness (QED) is 0.885. The van der Waals surface area contributed by atoms with Crippen molar-refractivity contribution in [1.29, 1.82) is 0 Å². The lowest BCUT2D eigenvalue weighted by molar-refractivity contribution is 0.409. The molecule has 0 bridgehead atoms. The van der Waals surface area contributed by atoms with Crippen molar-refractivity contribution >= 4 is 9.84 Å². The highest BCUT2D eigenvalue weighted by Gasteiger charge is 2.28. The van der Waals surface area contributed by atoms with Crippen molar-refractivity contribution in [2.24, 2.45) is 0 Å². The lowest BCUT2D eigenvalue weighted by Crippen LogP contribution is -2.33. The number of halogens is 1. The highest BCUT2D eigenvalue weighted by molar-refractivity contribution is 7.91. The number of ether oxygens (including phenoxy) is 1. The minimum absolute atomic E-state index is 0.316. The molecule has 1 rings (SSSR count). The molecule has 102 valence electrons. The number of methoxy groups -OCH3 is 1. The normalized spacial score (nSPS) is 15.2. The number of sulfone groups is 1. The maximum atomic E-state index is 13.9. The topological polar surface area (TPSA) is 55.4 Å². The summed E-state index contributed by atoms with van der Waals surface area (Å²) >= 11 is 0. The van der Waals surface area contributed by atoms with Crippen LogP contribution in [0.1, 0.15) is 18.5 Å². The van der Waals surface area contributed by atoms with Gasteiger partial charge in [-0.25, -0.2) is 12.8 Å². The third-order valence-corrected chi connectivity index (χ3v) is 4.62. The summed E-state index contributed by atoms with van der Waals surface area (Å²) in [4.78, 5) is 0. The molecule has 0 radical (unpaired) electrons.